The summed E-state index contributed by atoms with van der Waals surface area (Å²) in [6, 6.07) is 23.0. The van der Waals surface area contributed by atoms with Crippen LogP contribution < -0.4 is 16.2 Å². The molecule has 0 heterocycles. The maximum Gasteiger partial charge on any atom is 0.269 e. The Kier molecular flexibility index (Phi) is 6.74. The third kappa shape index (κ3) is 5.90. The second kappa shape index (κ2) is 9.84. The van der Waals surface area contributed by atoms with Gasteiger partial charge >= 0.3 is 0 Å². The average molecular weight is 399 g/mol. The number of hydrogen-bond donors (Lipinski definition) is 3. The molecule has 0 aliphatic rings. The van der Waals surface area contributed by atoms with Crippen LogP contribution in [-0.2, 0) is 4.79 Å². The second-order valence-corrected chi connectivity index (χ2v) is 6.59. The minimum absolute atomic E-state index is 0.228. The van der Waals surface area contributed by atoms with E-state index in [4.69, 9.17) is 0 Å². The number of hydrogen-bond acceptors (Lipinski definition) is 3. The molecular formula is C24H21N3O3. The minimum atomic E-state index is -0.465. The molecule has 0 saturated carbocycles. The van der Waals surface area contributed by atoms with E-state index in [0.29, 0.717) is 16.8 Å². The van der Waals surface area contributed by atoms with Crippen molar-refractivity contribution in [1.29, 1.82) is 0 Å². The van der Waals surface area contributed by atoms with E-state index in [1.54, 1.807) is 42.5 Å². The largest absolute Gasteiger partial charge is 0.322 e. The Morgan fingerprint density at radius 3 is 2.17 bits per heavy atom. The summed E-state index contributed by atoms with van der Waals surface area (Å²) >= 11 is 0. The molecule has 3 aromatic rings. The lowest BCUT2D eigenvalue weighted by Gasteiger charge is -2.08. The maximum atomic E-state index is 12.3. The molecule has 0 atom stereocenters. The number of nitrogens with one attached hydrogen (secondary N) is 3. The number of carbonyl (C=O) groups excluding carboxylic acids is 3. The van der Waals surface area contributed by atoms with Gasteiger partial charge in [0.25, 0.3) is 17.7 Å². The van der Waals surface area contributed by atoms with Crippen molar-refractivity contribution in [3.8, 4) is 0 Å². The van der Waals surface area contributed by atoms with Gasteiger partial charge in [-0.15, -0.1) is 0 Å². The minimum Gasteiger partial charge on any atom is -0.322 e. The molecule has 0 aromatic heterocycles. The molecule has 3 N–H and O–H groups in total. The van der Waals surface area contributed by atoms with Crippen LogP contribution in [0.1, 0.15) is 31.8 Å². The van der Waals surface area contributed by atoms with Crippen LogP contribution >= 0.6 is 0 Å². The van der Waals surface area contributed by atoms with Gasteiger partial charge in [-0.3, -0.25) is 25.2 Å². The quantitative estimate of drug-likeness (QED) is 0.451. The molecule has 0 unspecified atom stereocenters. The molecule has 3 amide bonds. The third-order valence-corrected chi connectivity index (χ3v) is 4.21. The van der Waals surface area contributed by atoms with E-state index in [0.717, 1.165) is 11.1 Å². The van der Waals surface area contributed by atoms with Gasteiger partial charge in [0.05, 0.1) is 0 Å². The Labute approximate surface area is 174 Å². The fourth-order valence-corrected chi connectivity index (χ4v) is 2.66. The van der Waals surface area contributed by atoms with Crippen LogP contribution in [0.5, 0.6) is 0 Å². The molecule has 0 aliphatic carbocycles. The number of carbonyl (C=O) groups is 3. The van der Waals surface area contributed by atoms with Crippen molar-refractivity contribution in [3.05, 3.63) is 107 Å². The molecule has 6 nitrogen and oxygen atoms in total. The highest BCUT2D eigenvalue weighted by Gasteiger charge is 2.09. The highest BCUT2D eigenvalue weighted by atomic mass is 16.2. The zero-order valence-corrected chi connectivity index (χ0v) is 16.4. The highest BCUT2D eigenvalue weighted by molar-refractivity contribution is 6.04. The van der Waals surface area contributed by atoms with Gasteiger partial charge in [0, 0.05) is 22.9 Å². The molecule has 0 aliphatic heterocycles. The van der Waals surface area contributed by atoms with Crippen LogP contribution in [0, 0.1) is 6.92 Å². The van der Waals surface area contributed by atoms with Crippen LogP contribution in [-0.4, -0.2) is 17.7 Å². The Morgan fingerprint density at radius 2 is 1.47 bits per heavy atom. The predicted octanol–water partition coefficient (Wildman–Crippen LogP) is 3.72. The molecule has 3 rings (SSSR count). The van der Waals surface area contributed by atoms with Crippen LogP contribution in [0.25, 0.3) is 6.08 Å². The van der Waals surface area contributed by atoms with E-state index in [1.807, 2.05) is 49.4 Å². The van der Waals surface area contributed by atoms with Gasteiger partial charge in [-0.1, -0.05) is 48.0 Å². The van der Waals surface area contributed by atoms with Gasteiger partial charge in [0.15, 0.2) is 0 Å². The van der Waals surface area contributed by atoms with Crippen molar-refractivity contribution < 1.29 is 14.4 Å². The summed E-state index contributed by atoms with van der Waals surface area (Å²) in [4.78, 5) is 36.3. The smallest absolute Gasteiger partial charge is 0.269 e. The van der Waals surface area contributed by atoms with Crippen molar-refractivity contribution in [2.75, 3.05) is 5.32 Å². The van der Waals surface area contributed by atoms with E-state index in [1.165, 1.54) is 6.08 Å². The van der Waals surface area contributed by atoms with Gasteiger partial charge in [0.1, 0.15) is 0 Å². The second-order valence-electron chi connectivity index (χ2n) is 6.59. The van der Waals surface area contributed by atoms with E-state index in [9.17, 15) is 14.4 Å². The summed E-state index contributed by atoms with van der Waals surface area (Å²) in [6.45, 7) is 1.92. The lowest BCUT2D eigenvalue weighted by Crippen LogP contribution is -2.40. The standard InChI is InChI=1S/C24H21N3O3/c1-17-6-5-9-20(16-17)23(29)25-21-13-11-19(12-14-21)24(30)27-26-22(28)15-10-18-7-3-2-4-8-18/h2-16H,1H3,(H,25,29)(H,26,28)(H,27,30). The fourth-order valence-electron chi connectivity index (χ4n) is 2.66. The fraction of sp³-hybridized carbons (Fsp3) is 0.0417. The number of amides is 3. The normalized spacial score (nSPS) is 10.4. The summed E-state index contributed by atoms with van der Waals surface area (Å²) in [6.07, 6.45) is 2.98. The van der Waals surface area contributed by atoms with Crippen molar-refractivity contribution in [3.63, 3.8) is 0 Å². The number of hydrazine groups is 1. The molecule has 0 spiro atoms. The van der Waals surface area contributed by atoms with Crippen molar-refractivity contribution in [2.24, 2.45) is 0 Å². The molecular weight excluding hydrogens is 378 g/mol. The molecule has 3 aromatic carbocycles. The first-order valence-electron chi connectivity index (χ1n) is 9.33. The van der Waals surface area contributed by atoms with Gasteiger partial charge in [-0.2, -0.15) is 0 Å². The lowest BCUT2D eigenvalue weighted by atomic mass is 10.1. The summed E-state index contributed by atoms with van der Waals surface area (Å²) < 4.78 is 0. The number of benzene rings is 3. The molecule has 30 heavy (non-hydrogen) atoms. The summed E-state index contributed by atoms with van der Waals surface area (Å²) in [7, 11) is 0. The van der Waals surface area contributed by atoms with Crippen molar-refractivity contribution in [1.82, 2.24) is 10.9 Å². The van der Waals surface area contributed by atoms with Crippen LogP contribution in [0.2, 0.25) is 0 Å². The molecule has 0 radical (unpaired) electrons. The Morgan fingerprint density at radius 1 is 0.733 bits per heavy atom. The maximum absolute atomic E-state index is 12.3. The first-order chi connectivity index (χ1) is 14.5. The van der Waals surface area contributed by atoms with Gasteiger partial charge in [0.2, 0.25) is 0 Å². The van der Waals surface area contributed by atoms with Crippen molar-refractivity contribution in [2.45, 2.75) is 6.92 Å². The molecule has 6 heteroatoms. The van der Waals surface area contributed by atoms with E-state index in [-0.39, 0.29) is 5.91 Å². The van der Waals surface area contributed by atoms with Crippen molar-refractivity contribution >= 4 is 29.5 Å². The zero-order chi connectivity index (χ0) is 21.3. The van der Waals surface area contributed by atoms with E-state index >= 15 is 0 Å². The molecule has 0 fully saturated rings. The van der Waals surface area contributed by atoms with Gasteiger partial charge < -0.3 is 5.32 Å². The molecule has 150 valence electrons. The SMILES string of the molecule is Cc1cccc(C(=O)Nc2ccc(C(=O)NNC(=O)C=Cc3ccccc3)cc2)c1. The highest BCUT2D eigenvalue weighted by Crippen LogP contribution is 2.12. The molecule has 0 saturated heterocycles. The Hall–Kier alpha value is -4.19. The number of anilines is 1. The summed E-state index contributed by atoms with van der Waals surface area (Å²) in [5, 5.41) is 2.78. The summed E-state index contributed by atoms with van der Waals surface area (Å²) in [5.41, 5.74) is 8.02. The predicted molar refractivity (Wildman–Crippen MR) is 117 cm³/mol. The first-order valence-corrected chi connectivity index (χ1v) is 9.33. The third-order valence-electron chi connectivity index (χ3n) is 4.21. The van der Waals surface area contributed by atoms with Gasteiger partial charge in [-0.25, -0.2) is 0 Å². The Bertz CT molecular complexity index is 1070. The van der Waals surface area contributed by atoms with E-state index < -0.39 is 11.8 Å². The van der Waals surface area contributed by atoms with Crippen LogP contribution in [0.4, 0.5) is 5.69 Å². The number of aryl methyl sites for hydroxylation is 1. The van der Waals surface area contributed by atoms with Gasteiger partial charge in [-0.05, 0) is 55.0 Å². The molecule has 0 bridgehead atoms. The average Bonchev–Trinajstić information content (AvgIpc) is 2.77. The Balaban J connectivity index is 1.51. The lowest BCUT2D eigenvalue weighted by molar-refractivity contribution is -0.117. The monoisotopic (exact) mass is 399 g/mol. The first kappa shape index (κ1) is 20.5. The van der Waals surface area contributed by atoms with E-state index in [2.05, 4.69) is 16.2 Å². The number of rotatable bonds is 5. The summed E-state index contributed by atoms with van der Waals surface area (Å²) in [5.74, 6) is -1.14. The zero-order valence-electron chi connectivity index (χ0n) is 16.4. The van der Waals surface area contributed by atoms with Crippen LogP contribution in [0.3, 0.4) is 0 Å². The van der Waals surface area contributed by atoms with Crippen LogP contribution in [0.15, 0.2) is 84.9 Å². The topological polar surface area (TPSA) is 87.3 Å².